The number of hydrogen-bond acceptors (Lipinski definition) is 0. The summed E-state index contributed by atoms with van der Waals surface area (Å²) in [7, 11) is 0. The summed E-state index contributed by atoms with van der Waals surface area (Å²) in [6, 6.07) is 21.9. The zero-order valence-electron chi connectivity index (χ0n) is 10.8. The van der Waals surface area contributed by atoms with Gasteiger partial charge in [-0.15, -0.1) is 0 Å². The van der Waals surface area contributed by atoms with Crippen LogP contribution in [0.5, 0.6) is 0 Å². The molecular weight excluding hydrogens is 228 g/mol. The highest BCUT2D eigenvalue weighted by molar-refractivity contribution is 5.76. The molecule has 3 aliphatic carbocycles. The quantitative estimate of drug-likeness (QED) is 0.510. The number of aryl methyl sites for hydroxylation is 2. The first-order valence-electron chi connectivity index (χ1n) is 6.85. The number of fused-ring (bicyclic) bond motifs is 4. The first kappa shape index (κ1) is 10.7. The van der Waals surface area contributed by atoms with Gasteiger partial charge in [0.1, 0.15) is 0 Å². The largest absolute Gasteiger partial charge is 0.0837 e. The van der Waals surface area contributed by atoms with E-state index in [1.807, 2.05) is 0 Å². The van der Waals surface area contributed by atoms with E-state index in [1.54, 1.807) is 0 Å². The molecule has 0 saturated carbocycles. The van der Waals surface area contributed by atoms with E-state index in [1.165, 1.54) is 33.4 Å². The summed E-state index contributed by atoms with van der Waals surface area (Å²) in [4.78, 5) is 0. The molecule has 0 heteroatoms. The highest BCUT2D eigenvalue weighted by atomic mass is 14.2. The summed E-state index contributed by atoms with van der Waals surface area (Å²) >= 11 is 0. The third kappa shape index (κ3) is 1.72. The lowest BCUT2D eigenvalue weighted by Gasteiger charge is -1.99. The predicted octanol–water partition coefficient (Wildman–Crippen LogP) is 4.49. The van der Waals surface area contributed by atoms with Gasteiger partial charge in [0.15, 0.2) is 0 Å². The van der Waals surface area contributed by atoms with E-state index in [0.29, 0.717) is 0 Å². The highest BCUT2D eigenvalue weighted by Crippen LogP contribution is 2.37. The SMILES string of the molecule is c1ccc2cc3c(c-2cc1)[CH+]c1ccccc1CC3. The van der Waals surface area contributed by atoms with Gasteiger partial charge in [-0.05, 0) is 36.4 Å². The molecule has 1 aromatic rings. The van der Waals surface area contributed by atoms with Crippen LogP contribution in [0.15, 0.2) is 60.7 Å². The number of benzene rings is 1. The molecule has 0 heterocycles. The fourth-order valence-electron chi connectivity index (χ4n) is 3.08. The van der Waals surface area contributed by atoms with Gasteiger partial charge < -0.3 is 0 Å². The average Bonchev–Trinajstić information content (AvgIpc) is 2.63. The maximum Gasteiger partial charge on any atom is 0.0837 e. The standard InChI is InChI=1S/C19H15/c1-2-8-16-12-17-11-10-14-6-4-5-7-15(14)13-19(17)18(16)9-3-1/h1-9,12-13H,10-11H2/q+1. The zero-order chi connectivity index (χ0) is 12.7. The molecule has 0 fully saturated rings. The molecule has 0 amide bonds. The normalized spacial score (nSPS) is 13.3. The highest BCUT2D eigenvalue weighted by Gasteiger charge is 2.25. The molecule has 0 N–H and O–H groups in total. The van der Waals surface area contributed by atoms with Crippen molar-refractivity contribution in [1.29, 1.82) is 0 Å². The average molecular weight is 243 g/mol. The lowest BCUT2D eigenvalue weighted by atomic mass is 9.99. The second kappa shape index (κ2) is 4.17. The molecule has 0 bridgehead atoms. The Bertz CT molecular complexity index is 709. The van der Waals surface area contributed by atoms with Crippen LogP contribution in [0, 0.1) is 6.42 Å². The second-order valence-electron chi connectivity index (χ2n) is 5.21. The van der Waals surface area contributed by atoms with E-state index >= 15 is 0 Å². The molecule has 0 nitrogen and oxygen atoms in total. The van der Waals surface area contributed by atoms with Crippen LogP contribution in [-0.4, -0.2) is 0 Å². The minimum Gasteiger partial charge on any atom is -0.0615 e. The van der Waals surface area contributed by atoms with Crippen LogP contribution in [0.4, 0.5) is 0 Å². The fraction of sp³-hybridized carbons (Fsp3) is 0.105. The van der Waals surface area contributed by atoms with Crippen LogP contribution in [-0.2, 0) is 12.8 Å². The molecule has 0 radical (unpaired) electrons. The topological polar surface area (TPSA) is 0 Å². The van der Waals surface area contributed by atoms with Gasteiger partial charge in [-0.25, -0.2) is 0 Å². The van der Waals surface area contributed by atoms with Gasteiger partial charge in [-0.3, -0.25) is 0 Å². The molecule has 3 aliphatic rings. The first-order chi connectivity index (χ1) is 9.42. The molecule has 90 valence electrons. The molecular formula is C19H15+. The minimum atomic E-state index is 1.14. The van der Waals surface area contributed by atoms with Crippen molar-refractivity contribution < 1.29 is 0 Å². The Kier molecular flexibility index (Phi) is 2.34. The summed E-state index contributed by atoms with van der Waals surface area (Å²) in [5.41, 5.74) is 8.46. The van der Waals surface area contributed by atoms with Crippen LogP contribution in [0.2, 0.25) is 0 Å². The van der Waals surface area contributed by atoms with Crippen molar-refractivity contribution in [1.82, 2.24) is 0 Å². The second-order valence-corrected chi connectivity index (χ2v) is 5.21. The molecule has 0 saturated heterocycles. The van der Waals surface area contributed by atoms with Gasteiger partial charge in [0, 0.05) is 42.0 Å². The lowest BCUT2D eigenvalue weighted by Crippen LogP contribution is -1.90. The molecule has 1 aromatic carbocycles. The van der Waals surface area contributed by atoms with Crippen LogP contribution in [0.1, 0.15) is 22.3 Å². The van der Waals surface area contributed by atoms with Crippen molar-refractivity contribution in [3.8, 4) is 11.1 Å². The van der Waals surface area contributed by atoms with Crippen molar-refractivity contribution in [2.45, 2.75) is 12.8 Å². The van der Waals surface area contributed by atoms with Crippen molar-refractivity contribution in [2.75, 3.05) is 0 Å². The maximum atomic E-state index is 2.36. The fourth-order valence-corrected chi connectivity index (χ4v) is 3.08. The van der Waals surface area contributed by atoms with E-state index < -0.39 is 0 Å². The summed E-state index contributed by atoms with van der Waals surface area (Å²) in [6.45, 7) is 0. The Hall–Kier alpha value is -2.21. The third-order valence-corrected chi connectivity index (χ3v) is 4.06. The Morgan fingerprint density at radius 2 is 1.53 bits per heavy atom. The summed E-state index contributed by atoms with van der Waals surface area (Å²) in [5.74, 6) is 0. The van der Waals surface area contributed by atoms with Gasteiger partial charge in [-0.1, -0.05) is 18.2 Å². The smallest absolute Gasteiger partial charge is 0.0615 e. The predicted molar refractivity (Wildman–Crippen MR) is 79.4 cm³/mol. The van der Waals surface area contributed by atoms with Crippen molar-refractivity contribution in [3.63, 3.8) is 0 Å². The van der Waals surface area contributed by atoms with Crippen LogP contribution in [0.3, 0.4) is 0 Å². The lowest BCUT2D eigenvalue weighted by molar-refractivity contribution is 0.970. The van der Waals surface area contributed by atoms with Gasteiger partial charge in [0.2, 0.25) is 0 Å². The third-order valence-electron chi connectivity index (χ3n) is 4.06. The van der Waals surface area contributed by atoms with Gasteiger partial charge in [-0.2, -0.15) is 0 Å². The van der Waals surface area contributed by atoms with E-state index in [2.05, 4.69) is 67.1 Å². The van der Waals surface area contributed by atoms with Crippen LogP contribution in [0.25, 0.3) is 11.1 Å². The Labute approximate surface area is 114 Å². The van der Waals surface area contributed by atoms with Crippen LogP contribution >= 0.6 is 0 Å². The molecule has 0 unspecified atom stereocenters. The maximum absolute atomic E-state index is 2.36. The number of rotatable bonds is 0. The van der Waals surface area contributed by atoms with E-state index in [9.17, 15) is 0 Å². The molecule has 0 aromatic heterocycles. The Morgan fingerprint density at radius 1 is 0.737 bits per heavy atom. The van der Waals surface area contributed by atoms with E-state index in [4.69, 9.17) is 0 Å². The Morgan fingerprint density at radius 3 is 2.53 bits per heavy atom. The van der Waals surface area contributed by atoms with E-state index in [-0.39, 0.29) is 0 Å². The summed E-state index contributed by atoms with van der Waals surface area (Å²) < 4.78 is 0. The van der Waals surface area contributed by atoms with Gasteiger partial charge in [0.05, 0.1) is 16.7 Å². The number of hydrogen-bond donors (Lipinski definition) is 0. The minimum absolute atomic E-state index is 1.14. The zero-order valence-corrected chi connectivity index (χ0v) is 10.8. The molecule has 19 heavy (non-hydrogen) atoms. The first-order valence-corrected chi connectivity index (χ1v) is 6.85. The molecule has 0 aliphatic heterocycles. The van der Waals surface area contributed by atoms with Crippen molar-refractivity contribution in [3.05, 3.63) is 89.3 Å². The summed E-state index contributed by atoms with van der Waals surface area (Å²) in [6.07, 6.45) is 4.64. The molecule has 0 atom stereocenters. The van der Waals surface area contributed by atoms with Crippen molar-refractivity contribution >= 4 is 0 Å². The summed E-state index contributed by atoms with van der Waals surface area (Å²) in [5, 5.41) is 0. The molecule has 4 rings (SSSR count). The molecule has 0 spiro atoms. The van der Waals surface area contributed by atoms with E-state index in [0.717, 1.165) is 12.8 Å². The van der Waals surface area contributed by atoms with Crippen molar-refractivity contribution in [2.24, 2.45) is 0 Å². The monoisotopic (exact) mass is 243 g/mol. The van der Waals surface area contributed by atoms with Gasteiger partial charge >= 0.3 is 0 Å². The van der Waals surface area contributed by atoms with Crippen LogP contribution < -0.4 is 0 Å². The Balaban J connectivity index is 1.91. The van der Waals surface area contributed by atoms with Gasteiger partial charge in [0.25, 0.3) is 0 Å².